The fourth-order valence-electron chi connectivity index (χ4n) is 2.71. The van der Waals surface area contributed by atoms with Crippen LogP contribution in [0.5, 0.6) is 5.75 Å². The SMILES string of the molecule is CN1C(=O)[C@@H](NC(=O)OC(C)(C)C)COc2ccc(C#Cc3cccnc3)cc21. The highest BCUT2D eigenvalue weighted by Gasteiger charge is 2.32. The van der Waals surface area contributed by atoms with Gasteiger partial charge in [-0.1, -0.05) is 11.8 Å². The van der Waals surface area contributed by atoms with Gasteiger partial charge in [-0.15, -0.1) is 0 Å². The molecule has 0 fully saturated rings. The molecule has 1 atom stereocenters. The van der Waals surface area contributed by atoms with Crippen LogP contribution in [0.2, 0.25) is 0 Å². The van der Waals surface area contributed by atoms with Crippen molar-refractivity contribution in [1.29, 1.82) is 0 Å². The maximum absolute atomic E-state index is 12.8. The predicted molar refractivity (Wildman–Crippen MR) is 109 cm³/mol. The summed E-state index contributed by atoms with van der Waals surface area (Å²) in [6, 6.07) is 8.21. The molecule has 0 radical (unpaired) electrons. The first kappa shape index (κ1) is 20.2. The normalized spacial score (nSPS) is 15.9. The van der Waals surface area contributed by atoms with E-state index in [0.29, 0.717) is 11.4 Å². The number of nitrogens with one attached hydrogen (secondary N) is 1. The molecular formula is C22H23N3O4. The van der Waals surface area contributed by atoms with E-state index >= 15 is 0 Å². The van der Waals surface area contributed by atoms with E-state index in [1.165, 1.54) is 4.90 Å². The zero-order valence-corrected chi connectivity index (χ0v) is 16.9. The Morgan fingerprint density at radius 2 is 2.03 bits per heavy atom. The van der Waals surface area contributed by atoms with Gasteiger partial charge in [0.15, 0.2) is 0 Å². The van der Waals surface area contributed by atoms with Crippen molar-refractivity contribution in [3.8, 4) is 17.6 Å². The zero-order chi connectivity index (χ0) is 21.0. The second kappa shape index (κ2) is 8.23. The molecular weight excluding hydrogens is 370 g/mol. The Morgan fingerprint density at radius 3 is 2.72 bits per heavy atom. The van der Waals surface area contributed by atoms with Crippen molar-refractivity contribution < 1.29 is 19.1 Å². The van der Waals surface area contributed by atoms with Gasteiger partial charge in [0.25, 0.3) is 5.91 Å². The first-order valence-electron chi connectivity index (χ1n) is 9.19. The molecule has 2 amide bonds. The van der Waals surface area contributed by atoms with Gasteiger partial charge in [-0.3, -0.25) is 9.78 Å². The molecule has 2 heterocycles. The molecule has 0 bridgehead atoms. The van der Waals surface area contributed by atoms with Crippen LogP contribution in [0.4, 0.5) is 10.5 Å². The number of hydrogen-bond acceptors (Lipinski definition) is 5. The highest BCUT2D eigenvalue weighted by Crippen LogP contribution is 2.31. The molecule has 0 unspecified atom stereocenters. The molecule has 1 aromatic carbocycles. The van der Waals surface area contributed by atoms with Crippen LogP contribution < -0.4 is 15.0 Å². The number of likely N-dealkylation sites (N-methyl/N-ethyl adjacent to an activating group) is 1. The van der Waals surface area contributed by atoms with Crippen molar-refractivity contribution in [3.63, 3.8) is 0 Å². The molecule has 1 aliphatic rings. The quantitative estimate of drug-likeness (QED) is 0.754. The van der Waals surface area contributed by atoms with Gasteiger partial charge in [-0.05, 0) is 51.1 Å². The molecule has 1 aliphatic heterocycles. The molecule has 1 N–H and O–H groups in total. The van der Waals surface area contributed by atoms with E-state index in [-0.39, 0.29) is 12.5 Å². The second-order valence-electron chi connectivity index (χ2n) is 7.58. The number of amides is 2. The first-order chi connectivity index (χ1) is 13.7. The third kappa shape index (κ3) is 5.26. The van der Waals surface area contributed by atoms with Crippen molar-refractivity contribution in [1.82, 2.24) is 10.3 Å². The van der Waals surface area contributed by atoms with Crippen molar-refractivity contribution in [3.05, 3.63) is 53.9 Å². The predicted octanol–water partition coefficient (Wildman–Crippen LogP) is 2.73. The molecule has 0 saturated heterocycles. The molecule has 0 saturated carbocycles. The lowest BCUT2D eigenvalue weighted by Crippen LogP contribution is -2.50. The average Bonchev–Trinajstić information content (AvgIpc) is 2.78. The number of nitrogens with zero attached hydrogens (tertiary/aromatic N) is 2. The average molecular weight is 393 g/mol. The Labute approximate surface area is 170 Å². The van der Waals surface area contributed by atoms with E-state index in [4.69, 9.17) is 9.47 Å². The second-order valence-corrected chi connectivity index (χ2v) is 7.58. The van der Waals surface area contributed by atoms with Gasteiger partial charge in [0.05, 0.1) is 5.69 Å². The third-order valence-corrected chi connectivity index (χ3v) is 4.06. The summed E-state index contributed by atoms with van der Waals surface area (Å²) in [7, 11) is 1.64. The molecule has 2 aromatic rings. The van der Waals surface area contributed by atoms with Crippen LogP contribution in [0, 0.1) is 11.8 Å². The molecule has 7 heteroatoms. The summed E-state index contributed by atoms with van der Waals surface area (Å²) in [4.78, 5) is 30.4. The summed E-state index contributed by atoms with van der Waals surface area (Å²) < 4.78 is 11.0. The standard InChI is InChI=1S/C22H23N3O4/c1-22(2,3)29-21(27)24-17-14-28-19-10-9-15(12-18(19)25(4)20(17)26)7-8-16-6-5-11-23-13-16/h5-6,9-13,17H,14H2,1-4H3,(H,24,27)/t17-/m0/s1. The van der Waals surface area contributed by atoms with Crippen LogP contribution in [0.3, 0.4) is 0 Å². The minimum Gasteiger partial charge on any atom is -0.489 e. The Balaban J connectivity index is 1.78. The lowest BCUT2D eigenvalue weighted by atomic mass is 10.1. The number of fused-ring (bicyclic) bond motifs is 1. The number of ether oxygens (including phenoxy) is 2. The van der Waals surface area contributed by atoms with Gasteiger partial charge in [-0.25, -0.2) is 4.79 Å². The van der Waals surface area contributed by atoms with Gasteiger partial charge < -0.3 is 19.7 Å². The number of rotatable bonds is 1. The van der Waals surface area contributed by atoms with Gasteiger partial charge in [-0.2, -0.15) is 0 Å². The van der Waals surface area contributed by atoms with Gasteiger partial charge >= 0.3 is 6.09 Å². The number of anilines is 1. The Bertz CT molecular complexity index is 971. The van der Waals surface area contributed by atoms with Crippen molar-refractivity contribution in [2.45, 2.75) is 32.4 Å². The maximum atomic E-state index is 12.8. The number of carbonyl (C=O) groups is 2. The summed E-state index contributed by atoms with van der Waals surface area (Å²) in [6.45, 7) is 5.28. The van der Waals surface area contributed by atoms with Crippen LogP contribution in [0.1, 0.15) is 31.9 Å². The van der Waals surface area contributed by atoms with Gasteiger partial charge in [0.1, 0.15) is 24.0 Å². The van der Waals surface area contributed by atoms with E-state index in [0.717, 1.165) is 11.1 Å². The molecule has 3 rings (SSSR count). The summed E-state index contributed by atoms with van der Waals surface area (Å²) >= 11 is 0. The number of carbonyl (C=O) groups excluding carboxylic acids is 2. The lowest BCUT2D eigenvalue weighted by Gasteiger charge is -2.23. The number of alkyl carbamates (subject to hydrolysis) is 1. The van der Waals surface area contributed by atoms with Crippen LogP contribution in [0.15, 0.2) is 42.7 Å². The van der Waals surface area contributed by atoms with Crippen LogP contribution in [0.25, 0.3) is 0 Å². The smallest absolute Gasteiger partial charge is 0.408 e. The van der Waals surface area contributed by atoms with E-state index in [9.17, 15) is 9.59 Å². The third-order valence-electron chi connectivity index (χ3n) is 4.06. The molecule has 0 aliphatic carbocycles. The van der Waals surface area contributed by atoms with Crippen molar-refractivity contribution in [2.24, 2.45) is 0 Å². The van der Waals surface area contributed by atoms with Crippen molar-refractivity contribution in [2.75, 3.05) is 18.6 Å². The number of hydrogen-bond donors (Lipinski definition) is 1. The fraction of sp³-hybridized carbons (Fsp3) is 0.318. The minimum atomic E-state index is -0.854. The largest absolute Gasteiger partial charge is 0.489 e. The van der Waals surface area contributed by atoms with Gasteiger partial charge in [0.2, 0.25) is 0 Å². The maximum Gasteiger partial charge on any atom is 0.408 e. The lowest BCUT2D eigenvalue weighted by molar-refractivity contribution is -0.120. The van der Waals surface area contributed by atoms with Crippen LogP contribution >= 0.6 is 0 Å². The van der Waals surface area contributed by atoms with Crippen LogP contribution in [-0.2, 0) is 9.53 Å². The molecule has 29 heavy (non-hydrogen) atoms. The first-order valence-corrected chi connectivity index (χ1v) is 9.19. The number of aromatic nitrogens is 1. The van der Waals surface area contributed by atoms with E-state index in [1.807, 2.05) is 18.2 Å². The Morgan fingerprint density at radius 1 is 1.28 bits per heavy atom. The Hall–Kier alpha value is -3.53. The minimum absolute atomic E-state index is 0.0100. The van der Waals surface area contributed by atoms with E-state index < -0.39 is 17.7 Å². The molecule has 1 aromatic heterocycles. The summed E-state index contributed by atoms with van der Waals surface area (Å²) in [5, 5.41) is 2.58. The topological polar surface area (TPSA) is 80.8 Å². The Kier molecular flexibility index (Phi) is 5.74. The summed E-state index contributed by atoms with van der Waals surface area (Å²) in [5.74, 6) is 6.34. The number of benzene rings is 1. The monoisotopic (exact) mass is 393 g/mol. The highest BCUT2D eigenvalue weighted by atomic mass is 16.6. The van der Waals surface area contributed by atoms with E-state index in [1.54, 1.807) is 52.3 Å². The van der Waals surface area contributed by atoms with Crippen LogP contribution in [-0.4, -0.2) is 42.3 Å². The fourth-order valence-corrected chi connectivity index (χ4v) is 2.71. The molecule has 0 spiro atoms. The van der Waals surface area contributed by atoms with Crippen molar-refractivity contribution >= 4 is 17.7 Å². The van der Waals surface area contributed by atoms with E-state index in [2.05, 4.69) is 22.1 Å². The summed E-state index contributed by atoms with van der Waals surface area (Å²) in [5.41, 5.74) is 1.45. The summed E-state index contributed by atoms with van der Waals surface area (Å²) in [6.07, 6.45) is 2.71. The number of pyridine rings is 1. The highest BCUT2D eigenvalue weighted by molar-refractivity contribution is 6.00. The molecule has 7 nitrogen and oxygen atoms in total. The zero-order valence-electron chi connectivity index (χ0n) is 16.9. The van der Waals surface area contributed by atoms with Gasteiger partial charge in [0, 0.05) is 30.6 Å². The molecule has 150 valence electrons.